The fourth-order valence-electron chi connectivity index (χ4n) is 7.90. The van der Waals surface area contributed by atoms with E-state index in [0.29, 0.717) is 30.6 Å². The summed E-state index contributed by atoms with van der Waals surface area (Å²) in [6.07, 6.45) is 9.20. The van der Waals surface area contributed by atoms with E-state index >= 15 is 0 Å². The van der Waals surface area contributed by atoms with Crippen molar-refractivity contribution in [2.24, 2.45) is 28.6 Å². The van der Waals surface area contributed by atoms with Crippen molar-refractivity contribution in [1.29, 1.82) is 0 Å². The van der Waals surface area contributed by atoms with Crippen LogP contribution in [-0.4, -0.2) is 34.2 Å². The number of epoxide rings is 1. The standard InChI is InChI=1S/C22H30O5.K/c1-19-8-5-14(23)11-13(19)3-4-16-15-6-9-21(26,10-7-18(24)25)20(15,2)12-17-22(16,19)27-17;/h5,8,13,15-17,26H,3-4,6-7,9-12H2,1-2H3,(H,24,25);/q;+1/p-1/t13?,15-,16-,17?,19-,20-,21-,22-;/m0./s1. The first-order valence-corrected chi connectivity index (χ1v) is 10.5. The average Bonchev–Trinajstić information content (AvgIpc) is 3.26. The number of hydrogen-bond acceptors (Lipinski definition) is 5. The van der Waals surface area contributed by atoms with Crippen LogP contribution < -0.4 is 56.5 Å². The Morgan fingerprint density at radius 1 is 1.29 bits per heavy atom. The Morgan fingerprint density at radius 2 is 2.04 bits per heavy atom. The molecule has 5 aliphatic rings. The van der Waals surface area contributed by atoms with Crippen molar-refractivity contribution in [3.05, 3.63) is 12.2 Å². The van der Waals surface area contributed by atoms with E-state index in [4.69, 9.17) is 4.74 Å². The zero-order valence-electron chi connectivity index (χ0n) is 17.2. The molecule has 1 saturated heterocycles. The maximum atomic E-state index is 12.0. The molecule has 0 amide bonds. The normalized spacial score (nSPS) is 53.3. The van der Waals surface area contributed by atoms with Gasteiger partial charge in [0.15, 0.2) is 5.78 Å². The van der Waals surface area contributed by atoms with E-state index in [1.165, 1.54) is 0 Å². The molecule has 1 heterocycles. The summed E-state index contributed by atoms with van der Waals surface area (Å²) in [7, 11) is 0. The molecule has 0 aromatic carbocycles. The molecule has 0 aromatic rings. The number of allylic oxidation sites excluding steroid dienone is 1. The molecule has 0 radical (unpaired) electrons. The van der Waals surface area contributed by atoms with Gasteiger partial charge in [0.05, 0.1) is 11.7 Å². The molecule has 4 aliphatic carbocycles. The monoisotopic (exact) mass is 412 g/mol. The summed E-state index contributed by atoms with van der Waals surface area (Å²) in [5.74, 6) is 0.194. The van der Waals surface area contributed by atoms with Crippen LogP contribution in [0.2, 0.25) is 0 Å². The van der Waals surface area contributed by atoms with Crippen molar-refractivity contribution in [3.8, 4) is 0 Å². The molecule has 0 bridgehead atoms. The predicted molar refractivity (Wildman–Crippen MR) is 95.3 cm³/mol. The van der Waals surface area contributed by atoms with E-state index in [-0.39, 0.29) is 92.5 Å². The Morgan fingerprint density at radius 3 is 2.75 bits per heavy atom. The summed E-state index contributed by atoms with van der Waals surface area (Å²) in [6.45, 7) is 4.42. The van der Waals surface area contributed by atoms with E-state index < -0.39 is 11.6 Å². The number of aliphatic carboxylic acids is 1. The first-order valence-electron chi connectivity index (χ1n) is 10.5. The minimum absolute atomic E-state index is 0. The number of fused-ring (bicyclic) bond motifs is 3. The van der Waals surface area contributed by atoms with E-state index in [1.807, 2.05) is 0 Å². The molecular formula is C22H29KO5. The summed E-state index contributed by atoms with van der Waals surface area (Å²) in [5.41, 5.74) is -1.57. The Bertz CT molecular complexity index is 751. The van der Waals surface area contributed by atoms with E-state index in [0.717, 1.165) is 25.7 Å². The van der Waals surface area contributed by atoms with Gasteiger partial charge in [0, 0.05) is 23.2 Å². The Kier molecular flexibility index (Phi) is 5.19. The minimum atomic E-state index is -1.09. The Hall–Kier alpha value is 0.436. The third-order valence-electron chi connectivity index (χ3n) is 9.48. The van der Waals surface area contributed by atoms with Gasteiger partial charge in [-0.3, -0.25) is 4.79 Å². The Balaban J connectivity index is 0.00000192. The molecule has 5 rings (SSSR count). The van der Waals surface area contributed by atoms with Gasteiger partial charge in [-0.1, -0.05) is 19.9 Å². The number of ketones is 1. The first-order chi connectivity index (χ1) is 12.7. The van der Waals surface area contributed by atoms with Gasteiger partial charge in [-0.2, -0.15) is 0 Å². The number of aliphatic hydroxyl groups is 1. The number of carboxylic acids is 1. The van der Waals surface area contributed by atoms with Gasteiger partial charge >= 0.3 is 51.4 Å². The smallest absolute Gasteiger partial charge is 0.550 e. The van der Waals surface area contributed by atoms with Crippen molar-refractivity contribution < 1.29 is 75.9 Å². The van der Waals surface area contributed by atoms with Crippen LogP contribution >= 0.6 is 0 Å². The number of carbonyl (C=O) groups is 2. The third-order valence-corrected chi connectivity index (χ3v) is 9.48. The predicted octanol–water partition coefficient (Wildman–Crippen LogP) is -1.23. The second kappa shape index (κ2) is 6.72. The fourth-order valence-corrected chi connectivity index (χ4v) is 7.90. The summed E-state index contributed by atoms with van der Waals surface area (Å²) in [6, 6.07) is 0. The SMILES string of the molecule is C[C@]12C=CC(=O)CC1CC[C@H]1[C@@H]3CC[C@](O)(CCC(=O)[O-])[C@@]3(C)CC3O[C@]312.[K+]. The molecule has 3 saturated carbocycles. The molecular weight excluding hydrogens is 383 g/mol. The Labute approximate surface area is 209 Å². The molecule has 148 valence electrons. The largest absolute Gasteiger partial charge is 1.00 e. The summed E-state index contributed by atoms with van der Waals surface area (Å²) < 4.78 is 6.50. The number of ether oxygens (including phenoxy) is 1. The van der Waals surface area contributed by atoms with Crippen LogP contribution in [0.25, 0.3) is 0 Å². The van der Waals surface area contributed by atoms with Gasteiger partial charge in [0.2, 0.25) is 0 Å². The van der Waals surface area contributed by atoms with E-state index in [1.54, 1.807) is 6.08 Å². The molecule has 1 N–H and O–H groups in total. The van der Waals surface area contributed by atoms with Crippen molar-refractivity contribution in [3.63, 3.8) is 0 Å². The molecule has 2 unspecified atom stereocenters. The van der Waals surface area contributed by atoms with E-state index in [9.17, 15) is 19.8 Å². The summed E-state index contributed by atoms with van der Waals surface area (Å²) in [5, 5.41) is 22.5. The average molecular weight is 413 g/mol. The van der Waals surface area contributed by atoms with Gasteiger partial charge in [-0.05, 0) is 68.8 Å². The van der Waals surface area contributed by atoms with Crippen LogP contribution in [0.4, 0.5) is 0 Å². The topological polar surface area (TPSA) is 90.0 Å². The molecule has 0 aromatic heterocycles. The van der Waals surface area contributed by atoms with Crippen molar-refractivity contribution in [1.82, 2.24) is 0 Å². The number of carbonyl (C=O) groups excluding carboxylic acids is 2. The quantitative estimate of drug-likeness (QED) is 0.463. The van der Waals surface area contributed by atoms with Gasteiger partial charge in [-0.15, -0.1) is 0 Å². The van der Waals surface area contributed by atoms with Crippen LogP contribution in [-0.2, 0) is 14.3 Å². The maximum absolute atomic E-state index is 12.0. The molecule has 1 spiro atoms. The maximum Gasteiger partial charge on any atom is 1.00 e. The minimum Gasteiger partial charge on any atom is -0.550 e. The second-order valence-corrected chi connectivity index (χ2v) is 10.2. The number of rotatable bonds is 3. The molecule has 6 heteroatoms. The molecule has 5 nitrogen and oxygen atoms in total. The molecule has 4 fully saturated rings. The first kappa shape index (κ1) is 21.7. The zero-order chi connectivity index (χ0) is 19.2. The fraction of sp³-hybridized carbons (Fsp3) is 0.818. The van der Waals surface area contributed by atoms with Gasteiger partial charge in [0.1, 0.15) is 5.60 Å². The zero-order valence-corrected chi connectivity index (χ0v) is 20.3. The molecule has 1 aliphatic heterocycles. The second-order valence-electron chi connectivity index (χ2n) is 10.2. The van der Waals surface area contributed by atoms with Crippen molar-refractivity contribution in [2.75, 3.05) is 0 Å². The molecule has 8 atom stereocenters. The van der Waals surface area contributed by atoms with Crippen LogP contribution in [0.1, 0.15) is 65.2 Å². The van der Waals surface area contributed by atoms with Crippen molar-refractivity contribution >= 4 is 11.8 Å². The summed E-state index contributed by atoms with van der Waals surface area (Å²) in [4.78, 5) is 23.0. The summed E-state index contributed by atoms with van der Waals surface area (Å²) >= 11 is 0. The van der Waals surface area contributed by atoms with Crippen LogP contribution in [0.15, 0.2) is 12.2 Å². The van der Waals surface area contributed by atoms with Crippen LogP contribution in [0.3, 0.4) is 0 Å². The van der Waals surface area contributed by atoms with Gasteiger partial charge in [0.25, 0.3) is 0 Å². The number of hydrogen-bond donors (Lipinski definition) is 1. The van der Waals surface area contributed by atoms with Crippen LogP contribution in [0, 0.1) is 28.6 Å². The van der Waals surface area contributed by atoms with E-state index in [2.05, 4.69) is 19.9 Å². The van der Waals surface area contributed by atoms with Crippen LogP contribution in [0.5, 0.6) is 0 Å². The number of carboxylic acid groups (broad SMARTS) is 1. The van der Waals surface area contributed by atoms with Gasteiger partial charge < -0.3 is 19.7 Å². The van der Waals surface area contributed by atoms with Crippen molar-refractivity contribution in [2.45, 2.75) is 82.5 Å². The van der Waals surface area contributed by atoms with Gasteiger partial charge in [-0.25, -0.2) is 0 Å². The molecule has 28 heavy (non-hydrogen) atoms. The third kappa shape index (κ3) is 2.58.